The van der Waals surface area contributed by atoms with Gasteiger partial charge < -0.3 is 15.4 Å². The zero-order valence-electron chi connectivity index (χ0n) is 15.8. The zero-order valence-corrected chi connectivity index (χ0v) is 16.6. The van der Waals surface area contributed by atoms with Gasteiger partial charge in [-0.05, 0) is 36.8 Å². The summed E-state index contributed by atoms with van der Waals surface area (Å²) >= 11 is 1.42. The van der Waals surface area contributed by atoms with E-state index in [1.54, 1.807) is 42.7 Å². The molecule has 0 unspecified atom stereocenters. The van der Waals surface area contributed by atoms with Gasteiger partial charge in [0.2, 0.25) is 0 Å². The maximum atomic E-state index is 12.3. The van der Waals surface area contributed by atoms with E-state index in [4.69, 9.17) is 4.74 Å². The molecule has 0 aliphatic rings. The van der Waals surface area contributed by atoms with Crippen LogP contribution in [0.15, 0.2) is 64.8 Å². The molecule has 7 nitrogen and oxygen atoms in total. The lowest BCUT2D eigenvalue weighted by Crippen LogP contribution is -2.19. The molecule has 0 fully saturated rings. The van der Waals surface area contributed by atoms with E-state index < -0.39 is 0 Å². The number of ether oxygens (including phenoxy) is 1. The first-order valence-corrected chi connectivity index (χ1v) is 9.72. The Morgan fingerprint density at radius 2 is 1.86 bits per heavy atom. The molecular weight excluding hydrogens is 388 g/mol. The minimum absolute atomic E-state index is 0.109. The Labute approximate surface area is 170 Å². The molecule has 2 aromatic carbocycles. The van der Waals surface area contributed by atoms with Crippen LogP contribution in [0, 0.1) is 6.92 Å². The summed E-state index contributed by atoms with van der Waals surface area (Å²) in [6.45, 7) is 1.80. The van der Waals surface area contributed by atoms with Crippen molar-refractivity contribution in [3.8, 4) is 17.0 Å². The minimum atomic E-state index is -0.376. The maximum absolute atomic E-state index is 12.3. The third kappa shape index (κ3) is 3.83. The fourth-order valence-electron chi connectivity index (χ4n) is 2.99. The Balaban J connectivity index is 1.53. The molecular formula is C21H18N4O3S. The van der Waals surface area contributed by atoms with Crippen molar-refractivity contribution < 1.29 is 9.53 Å². The second-order valence-corrected chi connectivity index (χ2v) is 7.17. The first kappa shape index (κ1) is 18.7. The standard InChI is InChI=1S/C21H18N4O3S/c1-13-11-19(26)25-17(12-29-21(25)22-13)14-7-9-15(10-8-14)23-20(27)24-16-5-3-4-6-18(16)28-2/h3-12H,1-2H3,(H2,23,24,27). The third-order valence-corrected chi connectivity index (χ3v) is 5.15. The van der Waals surface area contributed by atoms with Gasteiger partial charge in [-0.2, -0.15) is 0 Å². The molecule has 8 heteroatoms. The molecule has 29 heavy (non-hydrogen) atoms. The van der Waals surface area contributed by atoms with E-state index in [1.165, 1.54) is 17.4 Å². The van der Waals surface area contributed by atoms with Crippen LogP contribution in [0.3, 0.4) is 0 Å². The molecule has 4 aromatic rings. The lowest BCUT2D eigenvalue weighted by molar-refractivity contribution is 0.262. The molecule has 146 valence electrons. The largest absolute Gasteiger partial charge is 0.495 e. The number of rotatable bonds is 4. The Hall–Kier alpha value is -3.65. The number of nitrogens with zero attached hydrogens (tertiary/aromatic N) is 2. The highest BCUT2D eigenvalue weighted by Gasteiger charge is 2.11. The van der Waals surface area contributed by atoms with Crippen LogP contribution >= 0.6 is 11.3 Å². The number of thiazole rings is 1. The molecule has 0 bridgehead atoms. The smallest absolute Gasteiger partial charge is 0.323 e. The summed E-state index contributed by atoms with van der Waals surface area (Å²) in [7, 11) is 1.55. The van der Waals surface area contributed by atoms with Crippen LogP contribution < -0.4 is 20.9 Å². The normalized spacial score (nSPS) is 10.7. The number of para-hydroxylation sites is 2. The number of benzene rings is 2. The van der Waals surface area contributed by atoms with E-state index in [-0.39, 0.29) is 11.6 Å². The molecule has 2 heterocycles. The summed E-state index contributed by atoms with van der Waals surface area (Å²) in [5.41, 5.74) is 3.43. The second-order valence-electron chi connectivity index (χ2n) is 6.33. The van der Waals surface area contributed by atoms with E-state index in [1.807, 2.05) is 29.6 Å². The van der Waals surface area contributed by atoms with Gasteiger partial charge in [-0.3, -0.25) is 9.20 Å². The third-order valence-electron chi connectivity index (χ3n) is 4.33. The van der Waals surface area contributed by atoms with Crippen molar-refractivity contribution in [1.29, 1.82) is 0 Å². The van der Waals surface area contributed by atoms with Crippen molar-refractivity contribution in [2.24, 2.45) is 0 Å². The van der Waals surface area contributed by atoms with Gasteiger partial charge in [0.05, 0.1) is 18.5 Å². The summed E-state index contributed by atoms with van der Waals surface area (Å²) in [6.07, 6.45) is 0. The molecule has 4 rings (SSSR count). The van der Waals surface area contributed by atoms with Gasteiger partial charge in [-0.25, -0.2) is 9.78 Å². The van der Waals surface area contributed by atoms with E-state index in [9.17, 15) is 9.59 Å². The van der Waals surface area contributed by atoms with Crippen molar-refractivity contribution in [1.82, 2.24) is 9.38 Å². The zero-order chi connectivity index (χ0) is 20.4. The first-order valence-electron chi connectivity index (χ1n) is 8.84. The number of hydrogen-bond acceptors (Lipinski definition) is 5. The molecule has 0 atom stereocenters. The predicted octanol–water partition coefficient (Wildman–Crippen LogP) is 4.38. The lowest BCUT2D eigenvalue weighted by atomic mass is 10.1. The van der Waals surface area contributed by atoms with Crippen LogP contribution in [0.25, 0.3) is 16.2 Å². The molecule has 0 saturated heterocycles. The first-order chi connectivity index (χ1) is 14.0. The number of anilines is 2. The van der Waals surface area contributed by atoms with Crippen molar-refractivity contribution >= 4 is 33.7 Å². The van der Waals surface area contributed by atoms with E-state index in [0.29, 0.717) is 27.8 Å². The number of aryl methyl sites for hydroxylation is 1. The Kier molecular flexibility index (Phi) is 5.01. The van der Waals surface area contributed by atoms with Gasteiger partial charge >= 0.3 is 6.03 Å². The Bertz CT molecular complexity index is 1250. The van der Waals surface area contributed by atoms with Gasteiger partial charge in [-0.1, -0.05) is 24.3 Å². The van der Waals surface area contributed by atoms with Crippen molar-refractivity contribution in [2.75, 3.05) is 17.7 Å². The average molecular weight is 406 g/mol. The van der Waals surface area contributed by atoms with E-state index in [2.05, 4.69) is 15.6 Å². The molecule has 2 aromatic heterocycles. The van der Waals surface area contributed by atoms with Crippen LogP contribution in [0.5, 0.6) is 5.75 Å². The topological polar surface area (TPSA) is 84.7 Å². The van der Waals surface area contributed by atoms with Crippen LogP contribution in [-0.4, -0.2) is 22.5 Å². The monoisotopic (exact) mass is 406 g/mol. The summed E-state index contributed by atoms with van der Waals surface area (Å²) in [5, 5.41) is 7.45. The molecule has 0 saturated carbocycles. The maximum Gasteiger partial charge on any atom is 0.323 e. The summed E-state index contributed by atoms with van der Waals surface area (Å²) in [5.74, 6) is 0.580. The van der Waals surface area contributed by atoms with Gasteiger partial charge in [0, 0.05) is 22.8 Å². The Morgan fingerprint density at radius 3 is 2.62 bits per heavy atom. The van der Waals surface area contributed by atoms with Crippen molar-refractivity contribution in [2.45, 2.75) is 6.92 Å². The number of fused-ring (bicyclic) bond motifs is 1. The number of aromatic nitrogens is 2. The number of carbonyl (C=O) groups excluding carboxylic acids is 1. The van der Waals surface area contributed by atoms with E-state index in [0.717, 1.165) is 11.3 Å². The number of carbonyl (C=O) groups is 1. The van der Waals surface area contributed by atoms with Gasteiger partial charge in [0.15, 0.2) is 4.96 Å². The second kappa shape index (κ2) is 7.76. The molecule has 2 N–H and O–H groups in total. The lowest BCUT2D eigenvalue weighted by Gasteiger charge is -2.11. The SMILES string of the molecule is COc1ccccc1NC(=O)Nc1ccc(-c2csc3nc(C)cc(=O)n23)cc1. The van der Waals surface area contributed by atoms with Crippen LogP contribution in [0.4, 0.5) is 16.2 Å². The number of urea groups is 1. The van der Waals surface area contributed by atoms with Crippen molar-refractivity contribution in [3.05, 3.63) is 76.0 Å². The average Bonchev–Trinajstić information content (AvgIpc) is 3.13. The molecule has 0 radical (unpaired) electrons. The van der Waals surface area contributed by atoms with Gasteiger partial charge in [0.25, 0.3) is 5.56 Å². The van der Waals surface area contributed by atoms with Crippen LogP contribution in [0.1, 0.15) is 5.69 Å². The highest BCUT2D eigenvalue weighted by molar-refractivity contribution is 7.15. The molecule has 0 aliphatic carbocycles. The molecule has 0 aliphatic heterocycles. The fourth-order valence-corrected chi connectivity index (χ4v) is 3.94. The van der Waals surface area contributed by atoms with Gasteiger partial charge in [-0.15, -0.1) is 11.3 Å². The van der Waals surface area contributed by atoms with E-state index >= 15 is 0 Å². The minimum Gasteiger partial charge on any atom is -0.495 e. The number of nitrogens with one attached hydrogen (secondary N) is 2. The molecule has 2 amide bonds. The Morgan fingerprint density at radius 1 is 1.10 bits per heavy atom. The number of methoxy groups -OCH3 is 1. The van der Waals surface area contributed by atoms with Crippen LogP contribution in [0.2, 0.25) is 0 Å². The van der Waals surface area contributed by atoms with Gasteiger partial charge in [0.1, 0.15) is 5.75 Å². The summed E-state index contributed by atoms with van der Waals surface area (Å²) in [4.78, 5) is 29.7. The summed E-state index contributed by atoms with van der Waals surface area (Å²) < 4.78 is 6.82. The van der Waals surface area contributed by atoms with Crippen LogP contribution in [-0.2, 0) is 0 Å². The highest BCUT2D eigenvalue weighted by atomic mass is 32.1. The number of hydrogen-bond donors (Lipinski definition) is 2. The summed E-state index contributed by atoms with van der Waals surface area (Å²) in [6, 6.07) is 15.6. The predicted molar refractivity (Wildman–Crippen MR) is 115 cm³/mol. The number of amides is 2. The molecule has 0 spiro atoms. The van der Waals surface area contributed by atoms with Crippen molar-refractivity contribution in [3.63, 3.8) is 0 Å². The highest BCUT2D eigenvalue weighted by Crippen LogP contribution is 2.26. The fraction of sp³-hybridized carbons (Fsp3) is 0.0952. The quantitative estimate of drug-likeness (QED) is 0.527.